The van der Waals surface area contributed by atoms with Crippen molar-refractivity contribution in [2.24, 2.45) is 0 Å². The number of nitrogens with zero attached hydrogens (tertiary/aromatic N) is 3. The lowest BCUT2D eigenvalue weighted by molar-refractivity contribution is 0.101. The van der Waals surface area contributed by atoms with E-state index in [0.29, 0.717) is 16.5 Å². The molecule has 5 nitrogen and oxygen atoms in total. The summed E-state index contributed by atoms with van der Waals surface area (Å²) in [5.41, 5.74) is 3.88. The van der Waals surface area contributed by atoms with Crippen LogP contribution in [0.15, 0.2) is 66.7 Å². The number of nitrogens with one attached hydrogen (secondary N) is 1. The van der Waals surface area contributed by atoms with Gasteiger partial charge in [0.25, 0.3) is 5.91 Å². The number of halogens is 2. The van der Waals surface area contributed by atoms with Crippen LogP contribution < -0.4 is 5.32 Å². The summed E-state index contributed by atoms with van der Waals surface area (Å²) in [4.78, 5) is 17.3. The van der Waals surface area contributed by atoms with Crippen LogP contribution in [0, 0.1) is 19.7 Å². The van der Waals surface area contributed by atoms with E-state index < -0.39 is 5.91 Å². The van der Waals surface area contributed by atoms with E-state index in [-0.39, 0.29) is 11.6 Å². The Hall–Kier alpha value is -3.51. The zero-order chi connectivity index (χ0) is 21.3. The van der Waals surface area contributed by atoms with Gasteiger partial charge in [-0.1, -0.05) is 41.4 Å². The summed E-state index contributed by atoms with van der Waals surface area (Å²) in [5.74, 6) is -0.356. The maximum absolute atomic E-state index is 13.1. The van der Waals surface area contributed by atoms with E-state index in [1.165, 1.54) is 24.3 Å². The van der Waals surface area contributed by atoms with Gasteiger partial charge in [-0.2, -0.15) is 0 Å². The highest BCUT2D eigenvalue weighted by atomic mass is 35.5. The van der Waals surface area contributed by atoms with Crippen molar-refractivity contribution in [3.05, 3.63) is 94.5 Å². The standard InChI is InChI=1S/C23H18ClFN4O/c1-14-5-3-6-16(13-14)22-27-21(23(30)26-18-11-9-17(25)10-12-18)28-29(22)20-8-4-7-19(24)15(20)2/h3-13H,1-2H3,(H,26,30). The summed E-state index contributed by atoms with van der Waals surface area (Å²) in [6, 6.07) is 18.8. The summed E-state index contributed by atoms with van der Waals surface area (Å²) < 4.78 is 14.8. The molecule has 0 aliphatic carbocycles. The van der Waals surface area contributed by atoms with Gasteiger partial charge in [-0.25, -0.2) is 14.1 Å². The fourth-order valence-corrected chi connectivity index (χ4v) is 3.26. The molecule has 1 N–H and O–H groups in total. The van der Waals surface area contributed by atoms with E-state index in [1.807, 2.05) is 50.2 Å². The maximum Gasteiger partial charge on any atom is 0.295 e. The molecule has 4 rings (SSSR count). The van der Waals surface area contributed by atoms with Crippen LogP contribution in [0.4, 0.5) is 10.1 Å². The molecule has 1 aromatic heterocycles. The third-order valence-corrected chi connectivity index (χ3v) is 5.07. The predicted octanol–water partition coefficient (Wildman–Crippen LogP) is 5.60. The number of hydrogen-bond donors (Lipinski definition) is 1. The maximum atomic E-state index is 13.1. The molecular formula is C23H18ClFN4O. The van der Waals surface area contributed by atoms with Gasteiger partial charge in [-0.15, -0.1) is 5.10 Å². The normalized spacial score (nSPS) is 10.8. The molecular weight excluding hydrogens is 403 g/mol. The highest BCUT2D eigenvalue weighted by molar-refractivity contribution is 6.31. The van der Waals surface area contributed by atoms with Gasteiger partial charge >= 0.3 is 0 Å². The first kappa shape index (κ1) is 19.8. The average molecular weight is 421 g/mol. The van der Waals surface area contributed by atoms with Crippen molar-refractivity contribution < 1.29 is 9.18 Å². The minimum absolute atomic E-state index is 0.00444. The molecule has 0 saturated heterocycles. The third-order valence-electron chi connectivity index (χ3n) is 4.66. The molecule has 7 heteroatoms. The molecule has 0 bridgehead atoms. The van der Waals surface area contributed by atoms with Crippen LogP contribution in [0.3, 0.4) is 0 Å². The lowest BCUT2D eigenvalue weighted by atomic mass is 10.1. The molecule has 1 amide bonds. The van der Waals surface area contributed by atoms with Crippen molar-refractivity contribution in [3.63, 3.8) is 0 Å². The molecule has 0 unspecified atom stereocenters. The molecule has 1 heterocycles. The highest BCUT2D eigenvalue weighted by Crippen LogP contribution is 2.27. The Labute approximate surface area is 178 Å². The Balaban J connectivity index is 1.80. The second-order valence-electron chi connectivity index (χ2n) is 6.89. The lowest BCUT2D eigenvalue weighted by Gasteiger charge is -2.10. The second-order valence-corrected chi connectivity index (χ2v) is 7.29. The zero-order valence-corrected chi connectivity index (χ0v) is 17.1. The monoisotopic (exact) mass is 420 g/mol. The van der Waals surface area contributed by atoms with Crippen LogP contribution in [-0.4, -0.2) is 20.7 Å². The largest absolute Gasteiger partial charge is 0.319 e. The summed E-state index contributed by atoms with van der Waals surface area (Å²) in [5, 5.41) is 7.75. The topological polar surface area (TPSA) is 59.8 Å². The van der Waals surface area contributed by atoms with Crippen molar-refractivity contribution in [3.8, 4) is 17.1 Å². The molecule has 30 heavy (non-hydrogen) atoms. The van der Waals surface area contributed by atoms with Crippen LogP contribution in [0.5, 0.6) is 0 Å². The number of carbonyl (C=O) groups excluding carboxylic acids is 1. The number of carbonyl (C=O) groups is 1. The number of rotatable bonds is 4. The molecule has 4 aromatic rings. The molecule has 0 radical (unpaired) electrons. The number of hydrogen-bond acceptors (Lipinski definition) is 3. The number of aromatic nitrogens is 3. The minimum Gasteiger partial charge on any atom is -0.319 e. The lowest BCUT2D eigenvalue weighted by Crippen LogP contribution is -2.14. The van der Waals surface area contributed by atoms with Gasteiger partial charge in [0.05, 0.1) is 5.69 Å². The number of aryl methyl sites for hydroxylation is 1. The van der Waals surface area contributed by atoms with Gasteiger partial charge in [0.1, 0.15) is 5.82 Å². The molecule has 3 aromatic carbocycles. The smallest absolute Gasteiger partial charge is 0.295 e. The number of benzene rings is 3. The summed E-state index contributed by atoms with van der Waals surface area (Å²) >= 11 is 6.31. The molecule has 0 fully saturated rings. The third kappa shape index (κ3) is 3.95. The summed E-state index contributed by atoms with van der Waals surface area (Å²) in [6.07, 6.45) is 0. The molecule has 150 valence electrons. The van der Waals surface area contributed by atoms with E-state index in [2.05, 4.69) is 15.4 Å². The van der Waals surface area contributed by atoms with E-state index in [4.69, 9.17) is 11.6 Å². The fraction of sp³-hybridized carbons (Fsp3) is 0.0870. The molecule has 0 aliphatic rings. The van der Waals surface area contributed by atoms with Gasteiger partial charge in [0.15, 0.2) is 5.82 Å². The molecule has 0 saturated carbocycles. The fourth-order valence-electron chi connectivity index (χ4n) is 3.09. The first-order valence-corrected chi connectivity index (χ1v) is 9.66. The Morgan fingerprint density at radius 3 is 2.50 bits per heavy atom. The van der Waals surface area contributed by atoms with Gasteiger partial charge < -0.3 is 5.32 Å². The van der Waals surface area contributed by atoms with Crippen molar-refractivity contribution in [2.45, 2.75) is 13.8 Å². The Bertz CT molecular complexity index is 1230. The van der Waals surface area contributed by atoms with Crippen LogP contribution in [0.25, 0.3) is 17.1 Å². The molecule has 0 atom stereocenters. The highest BCUT2D eigenvalue weighted by Gasteiger charge is 2.20. The van der Waals surface area contributed by atoms with Gasteiger partial charge in [0, 0.05) is 16.3 Å². The van der Waals surface area contributed by atoms with Crippen LogP contribution in [0.1, 0.15) is 21.7 Å². The molecule has 0 aliphatic heterocycles. The van der Waals surface area contributed by atoms with E-state index in [0.717, 1.165) is 22.4 Å². The Morgan fingerprint density at radius 2 is 1.77 bits per heavy atom. The number of anilines is 1. The van der Waals surface area contributed by atoms with Crippen LogP contribution >= 0.6 is 11.6 Å². The van der Waals surface area contributed by atoms with Crippen molar-refractivity contribution in [1.29, 1.82) is 0 Å². The minimum atomic E-state index is -0.492. The average Bonchev–Trinajstić information content (AvgIpc) is 3.17. The van der Waals surface area contributed by atoms with Crippen molar-refractivity contribution in [2.75, 3.05) is 5.32 Å². The van der Waals surface area contributed by atoms with Crippen molar-refractivity contribution in [1.82, 2.24) is 14.8 Å². The SMILES string of the molecule is Cc1cccc(-c2nc(C(=O)Nc3ccc(F)cc3)nn2-c2cccc(Cl)c2C)c1. The number of amides is 1. The first-order chi connectivity index (χ1) is 14.4. The van der Waals surface area contributed by atoms with Crippen molar-refractivity contribution >= 4 is 23.2 Å². The summed E-state index contributed by atoms with van der Waals surface area (Å²) in [6.45, 7) is 3.87. The van der Waals surface area contributed by atoms with Crippen LogP contribution in [0.2, 0.25) is 5.02 Å². The van der Waals surface area contributed by atoms with E-state index >= 15 is 0 Å². The quantitative estimate of drug-likeness (QED) is 0.467. The second kappa shape index (κ2) is 8.08. The molecule has 0 spiro atoms. The van der Waals surface area contributed by atoms with Crippen LogP contribution in [-0.2, 0) is 0 Å². The van der Waals surface area contributed by atoms with Gasteiger partial charge in [-0.3, -0.25) is 4.79 Å². The summed E-state index contributed by atoms with van der Waals surface area (Å²) in [7, 11) is 0. The first-order valence-electron chi connectivity index (χ1n) is 9.29. The van der Waals surface area contributed by atoms with Gasteiger partial charge in [-0.05, 0) is 61.9 Å². The zero-order valence-electron chi connectivity index (χ0n) is 16.4. The van der Waals surface area contributed by atoms with Gasteiger partial charge in [0.2, 0.25) is 5.82 Å². The van der Waals surface area contributed by atoms with E-state index in [1.54, 1.807) is 10.7 Å². The van der Waals surface area contributed by atoms with E-state index in [9.17, 15) is 9.18 Å². The Kier molecular flexibility index (Phi) is 5.33. The Morgan fingerprint density at radius 1 is 1.03 bits per heavy atom. The predicted molar refractivity (Wildman–Crippen MR) is 116 cm³/mol.